The summed E-state index contributed by atoms with van der Waals surface area (Å²) < 4.78 is 10.5. The van der Waals surface area contributed by atoms with Crippen LogP contribution in [-0.4, -0.2) is 23.2 Å². The summed E-state index contributed by atoms with van der Waals surface area (Å²) in [6, 6.07) is 1.62. The van der Waals surface area contributed by atoms with Gasteiger partial charge in [-0.25, -0.2) is 4.98 Å². The Balaban J connectivity index is 2.78. The molecule has 0 aliphatic rings. The Kier molecular flexibility index (Phi) is 4.30. The van der Waals surface area contributed by atoms with E-state index in [1.54, 1.807) is 13.2 Å². The standard InChI is InChI=1S/C10H17N3O2/c1-4-7(2)15-10-5-8(11)12-9(13-10)6-14-3/h5,7H,4,6H2,1-3H3,(H2,11,12,13). The molecule has 0 bridgehead atoms. The second kappa shape index (κ2) is 5.50. The predicted octanol–water partition coefficient (Wildman–Crippen LogP) is 1.38. The Labute approximate surface area is 89.6 Å². The molecule has 0 aromatic carbocycles. The lowest BCUT2D eigenvalue weighted by Crippen LogP contribution is -2.12. The van der Waals surface area contributed by atoms with Crippen LogP contribution < -0.4 is 10.5 Å². The molecule has 5 nitrogen and oxygen atoms in total. The van der Waals surface area contributed by atoms with E-state index in [4.69, 9.17) is 15.2 Å². The minimum absolute atomic E-state index is 0.120. The van der Waals surface area contributed by atoms with Gasteiger partial charge in [0.2, 0.25) is 5.88 Å². The minimum Gasteiger partial charge on any atom is -0.475 e. The average molecular weight is 211 g/mol. The molecule has 0 saturated carbocycles. The van der Waals surface area contributed by atoms with Crippen molar-refractivity contribution in [3.63, 3.8) is 0 Å². The molecule has 15 heavy (non-hydrogen) atoms. The number of methoxy groups -OCH3 is 1. The molecule has 1 atom stereocenters. The summed E-state index contributed by atoms with van der Waals surface area (Å²) in [5, 5.41) is 0. The van der Waals surface area contributed by atoms with Crippen LogP contribution in [0.1, 0.15) is 26.1 Å². The van der Waals surface area contributed by atoms with Crippen molar-refractivity contribution in [3.8, 4) is 5.88 Å². The number of hydrogen-bond acceptors (Lipinski definition) is 5. The number of anilines is 1. The molecule has 0 aliphatic heterocycles. The highest BCUT2D eigenvalue weighted by molar-refractivity contribution is 5.32. The lowest BCUT2D eigenvalue weighted by atomic mass is 10.3. The molecule has 1 rings (SSSR count). The zero-order valence-electron chi connectivity index (χ0n) is 9.36. The fourth-order valence-corrected chi connectivity index (χ4v) is 1.04. The lowest BCUT2D eigenvalue weighted by Gasteiger charge is -2.12. The lowest BCUT2D eigenvalue weighted by molar-refractivity contribution is 0.172. The third kappa shape index (κ3) is 3.71. The van der Waals surface area contributed by atoms with Crippen molar-refractivity contribution in [1.82, 2.24) is 9.97 Å². The zero-order valence-corrected chi connectivity index (χ0v) is 9.36. The van der Waals surface area contributed by atoms with Crippen LogP contribution in [0, 0.1) is 0 Å². The van der Waals surface area contributed by atoms with E-state index in [9.17, 15) is 0 Å². The van der Waals surface area contributed by atoms with Gasteiger partial charge in [0, 0.05) is 13.2 Å². The zero-order chi connectivity index (χ0) is 11.3. The summed E-state index contributed by atoms with van der Waals surface area (Å²) in [5.74, 6) is 1.44. The summed E-state index contributed by atoms with van der Waals surface area (Å²) in [4.78, 5) is 8.19. The van der Waals surface area contributed by atoms with Crippen LogP contribution in [0.5, 0.6) is 5.88 Å². The van der Waals surface area contributed by atoms with Gasteiger partial charge in [-0.1, -0.05) is 6.92 Å². The summed E-state index contributed by atoms with van der Waals surface area (Å²) in [6.07, 6.45) is 1.04. The van der Waals surface area contributed by atoms with Gasteiger partial charge in [0.1, 0.15) is 12.4 Å². The first-order valence-corrected chi connectivity index (χ1v) is 4.94. The highest BCUT2D eigenvalue weighted by Crippen LogP contribution is 2.13. The predicted molar refractivity (Wildman–Crippen MR) is 57.5 cm³/mol. The van der Waals surface area contributed by atoms with E-state index in [2.05, 4.69) is 9.97 Å². The maximum atomic E-state index is 5.62. The molecular formula is C10H17N3O2. The van der Waals surface area contributed by atoms with Crippen LogP contribution in [-0.2, 0) is 11.3 Å². The smallest absolute Gasteiger partial charge is 0.219 e. The van der Waals surface area contributed by atoms with Crippen molar-refractivity contribution in [3.05, 3.63) is 11.9 Å². The molecular weight excluding hydrogens is 194 g/mol. The van der Waals surface area contributed by atoms with E-state index in [-0.39, 0.29) is 6.10 Å². The van der Waals surface area contributed by atoms with E-state index in [0.717, 1.165) is 6.42 Å². The van der Waals surface area contributed by atoms with Gasteiger partial charge < -0.3 is 15.2 Å². The molecule has 0 amide bonds. The minimum atomic E-state index is 0.120. The van der Waals surface area contributed by atoms with E-state index < -0.39 is 0 Å². The van der Waals surface area contributed by atoms with Crippen LogP contribution in [0.4, 0.5) is 5.82 Å². The maximum absolute atomic E-state index is 5.62. The molecule has 84 valence electrons. The summed E-state index contributed by atoms with van der Waals surface area (Å²) >= 11 is 0. The van der Waals surface area contributed by atoms with Crippen LogP contribution >= 0.6 is 0 Å². The van der Waals surface area contributed by atoms with Gasteiger partial charge in [-0.05, 0) is 13.3 Å². The normalized spacial score (nSPS) is 12.5. The van der Waals surface area contributed by atoms with E-state index >= 15 is 0 Å². The number of ether oxygens (including phenoxy) is 2. The number of rotatable bonds is 5. The first kappa shape index (κ1) is 11.7. The third-order valence-corrected chi connectivity index (χ3v) is 1.94. The van der Waals surface area contributed by atoms with Gasteiger partial charge in [-0.2, -0.15) is 4.98 Å². The second-order valence-corrected chi connectivity index (χ2v) is 3.32. The van der Waals surface area contributed by atoms with Crippen molar-refractivity contribution < 1.29 is 9.47 Å². The third-order valence-electron chi connectivity index (χ3n) is 1.94. The first-order chi connectivity index (χ1) is 7.15. The van der Waals surface area contributed by atoms with E-state index in [0.29, 0.717) is 24.1 Å². The highest BCUT2D eigenvalue weighted by atomic mass is 16.5. The molecule has 0 aliphatic carbocycles. The van der Waals surface area contributed by atoms with Crippen LogP contribution in [0.3, 0.4) is 0 Å². The number of aromatic nitrogens is 2. The largest absolute Gasteiger partial charge is 0.475 e. The van der Waals surface area contributed by atoms with Crippen molar-refractivity contribution >= 4 is 5.82 Å². The number of nitrogens with two attached hydrogens (primary N) is 1. The number of nitrogens with zero attached hydrogens (tertiary/aromatic N) is 2. The molecule has 0 radical (unpaired) electrons. The fraction of sp³-hybridized carbons (Fsp3) is 0.600. The monoisotopic (exact) mass is 211 g/mol. The Hall–Kier alpha value is -1.36. The summed E-state index contributed by atoms with van der Waals surface area (Å²) in [6.45, 7) is 4.36. The molecule has 5 heteroatoms. The van der Waals surface area contributed by atoms with Gasteiger partial charge >= 0.3 is 0 Å². The molecule has 1 aromatic heterocycles. The quantitative estimate of drug-likeness (QED) is 0.796. The van der Waals surface area contributed by atoms with Crippen LogP contribution in [0.15, 0.2) is 6.07 Å². The summed E-state index contributed by atoms with van der Waals surface area (Å²) in [5.41, 5.74) is 5.62. The topological polar surface area (TPSA) is 70.3 Å². The van der Waals surface area contributed by atoms with Crippen molar-refractivity contribution in [2.75, 3.05) is 12.8 Å². The molecule has 0 fully saturated rings. The van der Waals surface area contributed by atoms with Crippen molar-refractivity contribution in [2.45, 2.75) is 33.0 Å². The van der Waals surface area contributed by atoms with Gasteiger partial charge in [-0.15, -0.1) is 0 Å². The number of nitrogen functional groups attached to an aromatic ring is 1. The van der Waals surface area contributed by atoms with Gasteiger partial charge in [0.05, 0.1) is 6.10 Å². The van der Waals surface area contributed by atoms with Gasteiger partial charge in [0.25, 0.3) is 0 Å². The Morgan fingerprint density at radius 2 is 2.20 bits per heavy atom. The summed E-state index contributed by atoms with van der Waals surface area (Å²) in [7, 11) is 1.59. The maximum Gasteiger partial charge on any atom is 0.219 e. The molecule has 1 unspecified atom stereocenters. The SMILES string of the molecule is CCC(C)Oc1cc(N)nc(COC)n1. The van der Waals surface area contributed by atoms with E-state index in [1.165, 1.54) is 0 Å². The number of hydrogen-bond donors (Lipinski definition) is 1. The van der Waals surface area contributed by atoms with Crippen LogP contribution in [0.25, 0.3) is 0 Å². The Morgan fingerprint density at radius 1 is 1.47 bits per heavy atom. The highest BCUT2D eigenvalue weighted by Gasteiger charge is 2.06. The Bertz CT molecular complexity index is 318. The molecule has 0 saturated heterocycles. The molecule has 1 aromatic rings. The van der Waals surface area contributed by atoms with Crippen LogP contribution in [0.2, 0.25) is 0 Å². The van der Waals surface area contributed by atoms with Crippen molar-refractivity contribution in [2.24, 2.45) is 0 Å². The first-order valence-electron chi connectivity index (χ1n) is 4.94. The molecule has 1 heterocycles. The van der Waals surface area contributed by atoms with Gasteiger partial charge in [-0.3, -0.25) is 0 Å². The molecule has 0 spiro atoms. The van der Waals surface area contributed by atoms with Crippen molar-refractivity contribution in [1.29, 1.82) is 0 Å². The Morgan fingerprint density at radius 3 is 2.80 bits per heavy atom. The fourth-order valence-electron chi connectivity index (χ4n) is 1.04. The average Bonchev–Trinajstić information content (AvgIpc) is 2.17. The second-order valence-electron chi connectivity index (χ2n) is 3.32. The van der Waals surface area contributed by atoms with E-state index in [1.807, 2.05) is 13.8 Å². The van der Waals surface area contributed by atoms with Gasteiger partial charge in [0.15, 0.2) is 5.82 Å². The molecule has 2 N–H and O–H groups in total.